The number of hydrogen-bond donors (Lipinski definition) is 1. The lowest BCUT2D eigenvalue weighted by molar-refractivity contribution is 0.0948. The number of para-hydroxylation sites is 1. The molecule has 0 aliphatic rings. The molecule has 0 atom stereocenters. The van der Waals surface area contributed by atoms with Gasteiger partial charge in [0, 0.05) is 30.2 Å². The van der Waals surface area contributed by atoms with Gasteiger partial charge in [-0.25, -0.2) is 0 Å². The van der Waals surface area contributed by atoms with E-state index in [4.69, 9.17) is 9.47 Å². The number of benzene rings is 2. The minimum absolute atomic E-state index is 0.197. The van der Waals surface area contributed by atoms with E-state index in [-0.39, 0.29) is 5.91 Å². The first-order valence-corrected chi connectivity index (χ1v) is 8.60. The second-order valence-electron chi connectivity index (χ2n) is 6.18. The molecule has 5 nitrogen and oxygen atoms in total. The predicted molar refractivity (Wildman–Crippen MR) is 103 cm³/mol. The summed E-state index contributed by atoms with van der Waals surface area (Å²) in [6, 6.07) is 13.6. The normalized spacial score (nSPS) is 10.8. The van der Waals surface area contributed by atoms with Crippen molar-refractivity contribution in [3.63, 3.8) is 0 Å². The van der Waals surface area contributed by atoms with Crippen molar-refractivity contribution in [2.75, 3.05) is 20.8 Å². The molecule has 0 fully saturated rings. The third-order valence-electron chi connectivity index (χ3n) is 4.85. The van der Waals surface area contributed by atoms with Crippen LogP contribution >= 0.6 is 0 Å². The van der Waals surface area contributed by atoms with Crippen LogP contribution in [-0.4, -0.2) is 31.2 Å². The van der Waals surface area contributed by atoms with Crippen LogP contribution < -0.4 is 14.8 Å². The van der Waals surface area contributed by atoms with Crippen molar-refractivity contribution < 1.29 is 14.3 Å². The Hall–Kier alpha value is -2.95. The molecule has 0 saturated carbocycles. The number of aromatic nitrogens is 1. The van der Waals surface area contributed by atoms with Crippen LogP contribution in [0.25, 0.3) is 10.9 Å². The third kappa shape index (κ3) is 3.12. The quantitative estimate of drug-likeness (QED) is 0.739. The topological polar surface area (TPSA) is 52.5 Å². The summed E-state index contributed by atoms with van der Waals surface area (Å²) < 4.78 is 12.8. The lowest BCUT2D eigenvalue weighted by atomic mass is 10.1. The van der Waals surface area contributed by atoms with Gasteiger partial charge in [-0.3, -0.25) is 4.79 Å². The number of fused-ring (bicyclic) bond motifs is 1. The molecule has 0 saturated heterocycles. The van der Waals surface area contributed by atoms with Gasteiger partial charge < -0.3 is 19.4 Å². The number of amides is 1. The Kier molecular flexibility index (Phi) is 5.16. The van der Waals surface area contributed by atoms with Crippen LogP contribution in [0.3, 0.4) is 0 Å². The number of ether oxygens (including phenoxy) is 2. The number of methoxy groups -OCH3 is 2. The third-order valence-corrected chi connectivity index (χ3v) is 4.85. The zero-order valence-corrected chi connectivity index (χ0v) is 15.6. The predicted octanol–water partition coefficient (Wildman–Crippen LogP) is 3.48. The zero-order chi connectivity index (χ0) is 18.7. The smallest absolute Gasteiger partial charge is 0.258 e. The lowest BCUT2D eigenvalue weighted by Crippen LogP contribution is -2.26. The standard InChI is InChI=1S/C21H24N2O3/c1-14-15(16-8-5-6-9-17(16)23(14)2)12-13-22-21(24)20-18(25-3)10-7-11-19(20)26-4/h5-11H,12-13H2,1-4H3,(H,22,24). The second kappa shape index (κ2) is 7.52. The molecule has 1 aromatic heterocycles. The molecule has 1 heterocycles. The number of nitrogens with one attached hydrogen (secondary N) is 1. The van der Waals surface area contributed by atoms with Crippen molar-refractivity contribution >= 4 is 16.8 Å². The average Bonchev–Trinajstić information content (AvgIpc) is 2.92. The molecule has 1 amide bonds. The number of hydrogen-bond acceptors (Lipinski definition) is 3. The SMILES string of the molecule is COc1cccc(OC)c1C(=O)NCCc1c(C)n(C)c2ccccc12. The van der Waals surface area contributed by atoms with E-state index in [1.54, 1.807) is 32.4 Å². The van der Waals surface area contributed by atoms with Crippen LogP contribution in [0.4, 0.5) is 0 Å². The van der Waals surface area contributed by atoms with Crippen molar-refractivity contribution in [3.05, 3.63) is 59.3 Å². The van der Waals surface area contributed by atoms with E-state index in [1.165, 1.54) is 22.2 Å². The summed E-state index contributed by atoms with van der Waals surface area (Å²) in [6.07, 6.45) is 0.760. The molecular weight excluding hydrogens is 328 g/mol. The summed E-state index contributed by atoms with van der Waals surface area (Å²) in [5.41, 5.74) is 4.11. The van der Waals surface area contributed by atoms with Crippen LogP contribution in [0.2, 0.25) is 0 Å². The Morgan fingerprint density at radius 2 is 1.69 bits per heavy atom. The fourth-order valence-corrected chi connectivity index (χ4v) is 3.38. The fraction of sp³-hybridized carbons (Fsp3) is 0.286. The molecule has 0 radical (unpaired) electrons. The minimum Gasteiger partial charge on any atom is -0.496 e. The number of rotatable bonds is 6. The van der Waals surface area contributed by atoms with E-state index in [9.17, 15) is 4.79 Å². The molecule has 0 unspecified atom stereocenters. The van der Waals surface area contributed by atoms with Gasteiger partial charge in [0.1, 0.15) is 17.1 Å². The van der Waals surface area contributed by atoms with Crippen molar-refractivity contribution in [3.8, 4) is 11.5 Å². The van der Waals surface area contributed by atoms with Gasteiger partial charge in [-0.05, 0) is 37.1 Å². The molecule has 2 aromatic carbocycles. The first kappa shape index (κ1) is 17.9. The van der Waals surface area contributed by atoms with Crippen LogP contribution in [0.5, 0.6) is 11.5 Å². The number of carbonyl (C=O) groups is 1. The number of nitrogens with zero attached hydrogens (tertiary/aromatic N) is 1. The van der Waals surface area contributed by atoms with Gasteiger partial charge >= 0.3 is 0 Å². The van der Waals surface area contributed by atoms with Gasteiger partial charge in [0.2, 0.25) is 0 Å². The molecule has 0 aliphatic carbocycles. The van der Waals surface area contributed by atoms with Crippen LogP contribution in [-0.2, 0) is 13.5 Å². The van der Waals surface area contributed by atoms with E-state index in [0.717, 1.165) is 6.42 Å². The lowest BCUT2D eigenvalue weighted by Gasteiger charge is -2.13. The molecule has 0 spiro atoms. The maximum atomic E-state index is 12.7. The molecule has 136 valence electrons. The first-order valence-electron chi connectivity index (χ1n) is 8.60. The summed E-state index contributed by atoms with van der Waals surface area (Å²) in [5, 5.41) is 4.22. The Labute approximate surface area is 153 Å². The van der Waals surface area contributed by atoms with E-state index >= 15 is 0 Å². The van der Waals surface area contributed by atoms with E-state index in [0.29, 0.717) is 23.6 Å². The first-order chi connectivity index (χ1) is 12.6. The van der Waals surface area contributed by atoms with Gasteiger partial charge in [-0.2, -0.15) is 0 Å². The van der Waals surface area contributed by atoms with Gasteiger partial charge in [0.15, 0.2) is 0 Å². The monoisotopic (exact) mass is 352 g/mol. The molecule has 0 bridgehead atoms. The molecule has 0 aliphatic heterocycles. The molecule has 1 N–H and O–H groups in total. The van der Waals surface area contributed by atoms with Gasteiger partial charge in [-0.1, -0.05) is 24.3 Å². The van der Waals surface area contributed by atoms with E-state index < -0.39 is 0 Å². The van der Waals surface area contributed by atoms with Crippen LogP contribution in [0.15, 0.2) is 42.5 Å². The molecule has 5 heteroatoms. The Morgan fingerprint density at radius 3 is 2.35 bits per heavy atom. The molecule has 26 heavy (non-hydrogen) atoms. The largest absolute Gasteiger partial charge is 0.496 e. The Balaban J connectivity index is 1.77. The zero-order valence-electron chi connectivity index (χ0n) is 15.6. The number of carbonyl (C=O) groups excluding carboxylic acids is 1. The van der Waals surface area contributed by atoms with Gasteiger partial charge in [-0.15, -0.1) is 0 Å². The summed E-state index contributed by atoms with van der Waals surface area (Å²) in [6.45, 7) is 2.65. The van der Waals surface area contributed by atoms with Gasteiger partial charge in [0.25, 0.3) is 5.91 Å². The summed E-state index contributed by atoms with van der Waals surface area (Å²) >= 11 is 0. The van der Waals surface area contributed by atoms with Crippen molar-refractivity contribution in [1.29, 1.82) is 0 Å². The molecule has 3 aromatic rings. The highest BCUT2D eigenvalue weighted by Crippen LogP contribution is 2.28. The fourth-order valence-electron chi connectivity index (χ4n) is 3.38. The minimum atomic E-state index is -0.197. The Bertz CT molecular complexity index is 922. The highest BCUT2D eigenvalue weighted by Gasteiger charge is 2.18. The van der Waals surface area contributed by atoms with Crippen molar-refractivity contribution in [2.24, 2.45) is 7.05 Å². The van der Waals surface area contributed by atoms with Crippen molar-refractivity contribution in [2.45, 2.75) is 13.3 Å². The second-order valence-corrected chi connectivity index (χ2v) is 6.18. The highest BCUT2D eigenvalue weighted by atomic mass is 16.5. The maximum absolute atomic E-state index is 12.7. The summed E-state index contributed by atoms with van der Waals surface area (Å²) in [5.74, 6) is 0.809. The van der Waals surface area contributed by atoms with Gasteiger partial charge in [0.05, 0.1) is 14.2 Å². The molecule has 3 rings (SSSR count). The maximum Gasteiger partial charge on any atom is 0.258 e. The molecular formula is C21H24N2O3. The van der Waals surface area contributed by atoms with E-state index in [2.05, 4.69) is 36.0 Å². The highest BCUT2D eigenvalue weighted by molar-refractivity contribution is 5.99. The van der Waals surface area contributed by atoms with Crippen molar-refractivity contribution in [1.82, 2.24) is 9.88 Å². The summed E-state index contributed by atoms with van der Waals surface area (Å²) in [7, 11) is 5.16. The number of aryl methyl sites for hydroxylation is 1. The van der Waals surface area contributed by atoms with E-state index in [1.807, 2.05) is 12.1 Å². The van der Waals surface area contributed by atoms with Crippen LogP contribution in [0.1, 0.15) is 21.6 Å². The van der Waals surface area contributed by atoms with Crippen LogP contribution in [0, 0.1) is 6.92 Å². The Morgan fingerprint density at radius 1 is 1.04 bits per heavy atom. The average molecular weight is 352 g/mol. The summed E-state index contributed by atoms with van der Waals surface area (Å²) in [4.78, 5) is 12.7.